The van der Waals surface area contributed by atoms with Crippen molar-refractivity contribution >= 4 is 10.0 Å². The molecular formula is C5H4F3NO3S. The number of furan rings is 1. The van der Waals surface area contributed by atoms with Crippen LogP contribution in [0.2, 0.25) is 0 Å². The van der Waals surface area contributed by atoms with Gasteiger partial charge in [-0.25, -0.2) is 13.6 Å². The van der Waals surface area contributed by atoms with Crippen LogP contribution in [0.15, 0.2) is 21.6 Å². The van der Waals surface area contributed by atoms with E-state index in [4.69, 9.17) is 0 Å². The number of hydrogen-bond acceptors (Lipinski definition) is 3. The van der Waals surface area contributed by atoms with Crippen molar-refractivity contribution in [3.05, 3.63) is 18.1 Å². The van der Waals surface area contributed by atoms with Gasteiger partial charge in [0.25, 0.3) is 0 Å². The molecule has 2 N–H and O–H groups in total. The van der Waals surface area contributed by atoms with Gasteiger partial charge in [-0.05, 0) is 0 Å². The first kappa shape index (κ1) is 10.1. The van der Waals surface area contributed by atoms with Crippen LogP contribution >= 0.6 is 0 Å². The Morgan fingerprint density at radius 1 is 1.38 bits per heavy atom. The zero-order valence-corrected chi connectivity index (χ0v) is 6.82. The number of rotatable bonds is 1. The van der Waals surface area contributed by atoms with Gasteiger partial charge >= 0.3 is 6.18 Å². The van der Waals surface area contributed by atoms with Crippen LogP contribution in [0.1, 0.15) is 5.76 Å². The lowest BCUT2D eigenvalue weighted by molar-refractivity contribution is -0.153. The Bertz CT molecular complexity index is 405. The summed E-state index contributed by atoms with van der Waals surface area (Å²) in [5.74, 6) is -1.39. The Morgan fingerprint density at radius 3 is 2.15 bits per heavy atom. The molecule has 4 nitrogen and oxygen atoms in total. The molecule has 0 fully saturated rings. The molecular weight excluding hydrogens is 211 g/mol. The topological polar surface area (TPSA) is 73.3 Å². The first-order valence-electron chi connectivity index (χ1n) is 2.90. The van der Waals surface area contributed by atoms with E-state index in [2.05, 4.69) is 9.56 Å². The molecule has 74 valence electrons. The monoisotopic (exact) mass is 215 g/mol. The largest absolute Gasteiger partial charge is 0.458 e. The average molecular weight is 215 g/mol. The predicted molar refractivity (Wildman–Crippen MR) is 35.1 cm³/mol. The fourth-order valence-electron chi connectivity index (χ4n) is 0.617. The van der Waals surface area contributed by atoms with Crippen LogP contribution in [0.3, 0.4) is 0 Å². The minimum atomic E-state index is -4.71. The second-order valence-corrected chi connectivity index (χ2v) is 3.75. The molecule has 0 unspecified atom stereocenters. The molecule has 0 spiro atoms. The minimum absolute atomic E-state index is 0.329. The summed E-state index contributed by atoms with van der Waals surface area (Å²) in [4.78, 5) is -0.695. The van der Waals surface area contributed by atoms with Crippen LogP contribution in [0, 0.1) is 0 Å². The van der Waals surface area contributed by atoms with E-state index in [1.54, 1.807) is 0 Å². The highest BCUT2D eigenvalue weighted by molar-refractivity contribution is 7.89. The summed E-state index contributed by atoms with van der Waals surface area (Å²) in [7, 11) is -4.14. The van der Waals surface area contributed by atoms with Crippen molar-refractivity contribution in [1.82, 2.24) is 0 Å². The number of halogens is 3. The highest BCUT2D eigenvalue weighted by atomic mass is 32.2. The smallest absolute Gasteiger partial charge is 0.449 e. The van der Waals surface area contributed by atoms with Crippen molar-refractivity contribution < 1.29 is 26.0 Å². The van der Waals surface area contributed by atoms with Crippen molar-refractivity contribution in [2.45, 2.75) is 11.1 Å². The summed E-state index contributed by atoms with van der Waals surface area (Å²) in [6, 6.07) is 0.329. The summed E-state index contributed by atoms with van der Waals surface area (Å²) >= 11 is 0. The van der Waals surface area contributed by atoms with Crippen LogP contribution < -0.4 is 5.14 Å². The van der Waals surface area contributed by atoms with E-state index in [9.17, 15) is 21.6 Å². The SMILES string of the molecule is NS(=O)(=O)c1coc(C(F)(F)F)c1. The molecule has 1 aromatic heterocycles. The first-order chi connectivity index (χ1) is 5.71. The van der Waals surface area contributed by atoms with Crippen molar-refractivity contribution in [2.75, 3.05) is 0 Å². The molecule has 0 amide bonds. The van der Waals surface area contributed by atoms with Gasteiger partial charge in [-0.1, -0.05) is 0 Å². The van der Waals surface area contributed by atoms with Crippen LogP contribution in [-0.2, 0) is 16.2 Å². The molecule has 0 atom stereocenters. The Kier molecular flexibility index (Phi) is 2.12. The first-order valence-corrected chi connectivity index (χ1v) is 4.44. The average Bonchev–Trinajstić information content (AvgIpc) is 2.28. The molecule has 0 aliphatic heterocycles. The normalized spacial score (nSPS) is 13.2. The Hall–Kier alpha value is -1.02. The Balaban J connectivity index is 3.16. The molecule has 0 aliphatic rings. The van der Waals surface area contributed by atoms with Crippen LogP contribution in [0.5, 0.6) is 0 Å². The van der Waals surface area contributed by atoms with E-state index in [-0.39, 0.29) is 0 Å². The second kappa shape index (κ2) is 2.74. The van der Waals surface area contributed by atoms with Gasteiger partial charge in [0.05, 0.1) is 0 Å². The molecule has 8 heteroatoms. The summed E-state index contributed by atoms with van der Waals surface area (Å²) < 4.78 is 60.6. The van der Waals surface area contributed by atoms with E-state index < -0.39 is 26.9 Å². The van der Waals surface area contributed by atoms with E-state index in [1.807, 2.05) is 0 Å². The van der Waals surface area contributed by atoms with E-state index in [0.717, 1.165) is 0 Å². The number of alkyl halides is 3. The molecule has 0 aromatic carbocycles. The van der Waals surface area contributed by atoms with Gasteiger partial charge in [0.1, 0.15) is 11.2 Å². The molecule has 0 aliphatic carbocycles. The number of hydrogen-bond donors (Lipinski definition) is 1. The lowest BCUT2D eigenvalue weighted by Gasteiger charge is -1.98. The molecule has 1 aromatic rings. The van der Waals surface area contributed by atoms with E-state index >= 15 is 0 Å². The van der Waals surface area contributed by atoms with E-state index in [0.29, 0.717) is 12.3 Å². The molecule has 1 heterocycles. The quantitative estimate of drug-likeness (QED) is 0.757. The van der Waals surface area contributed by atoms with Gasteiger partial charge in [-0.15, -0.1) is 0 Å². The third-order valence-electron chi connectivity index (χ3n) is 1.18. The number of sulfonamides is 1. The lowest BCUT2D eigenvalue weighted by atomic mass is 10.4. The lowest BCUT2D eigenvalue weighted by Crippen LogP contribution is -2.11. The summed E-state index contributed by atoms with van der Waals surface area (Å²) in [6.07, 6.45) is -4.26. The van der Waals surface area contributed by atoms with Crippen molar-refractivity contribution in [2.24, 2.45) is 5.14 Å². The predicted octanol–water partition coefficient (Wildman–Crippen LogP) is 0.946. The summed E-state index contributed by atoms with van der Waals surface area (Å²) in [6.45, 7) is 0. The van der Waals surface area contributed by atoms with Gasteiger partial charge in [-0.3, -0.25) is 0 Å². The maximum Gasteiger partial charge on any atom is 0.449 e. The van der Waals surface area contributed by atoms with Gasteiger partial charge in [0.15, 0.2) is 0 Å². The third-order valence-corrected chi connectivity index (χ3v) is 2.05. The van der Waals surface area contributed by atoms with Crippen LogP contribution in [-0.4, -0.2) is 8.42 Å². The zero-order chi connectivity index (χ0) is 10.3. The highest BCUT2D eigenvalue weighted by Crippen LogP contribution is 2.31. The zero-order valence-electron chi connectivity index (χ0n) is 6.00. The number of nitrogens with two attached hydrogens (primary N) is 1. The maximum atomic E-state index is 11.9. The molecule has 13 heavy (non-hydrogen) atoms. The molecule has 0 radical (unpaired) electrons. The van der Waals surface area contributed by atoms with Gasteiger partial charge in [0.2, 0.25) is 15.8 Å². The van der Waals surface area contributed by atoms with Crippen molar-refractivity contribution in [1.29, 1.82) is 0 Å². The van der Waals surface area contributed by atoms with Crippen LogP contribution in [0.4, 0.5) is 13.2 Å². The second-order valence-electron chi connectivity index (χ2n) is 2.19. The summed E-state index contributed by atoms with van der Waals surface area (Å²) in [5, 5.41) is 4.56. The fraction of sp³-hybridized carbons (Fsp3) is 0.200. The Morgan fingerprint density at radius 2 is 1.92 bits per heavy atom. The Labute approximate surface area is 71.2 Å². The van der Waals surface area contributed by atoms with Gasteiger partial charge in [0, 0.05) is 6.07 Å². The van der Waals surface area contributed by atoms with Crippen LogP contribution in [0.25, 0.3) is 0 Å². The van der Waals surface area contributed by atoms with Gasteiger partial charge in [-0.2, -0.15) is 13.2 Å². The summed E-state index contributed by atoms with van der Waals surface area (Å²) in [5.41, 5.74) is 0. The number of primary sulfonamides is 1. The molecule has 1 rings (SSSR count). The van der Waals surface area contributed by atoms with Crippen molar-refractivity contribution in [3.8, 4) is 0 Å². The molecule has 0 saturated heterocycles. The third kappa shape index (κ3) is 2.22. The highest BCUT2D eigenvalue weighted by Gasteiger charge is 2.35. The van der Waals surface area contributed by atoms with Crippen molar-refractivity contribution in [3.63, 3.8) is 0 Å². The maximum absolute atomic E-state index is 11.9. The standard InChI is InChI=1S/C5H4F3NO3S/c6-5(7,8)4-1-3(2-12-4)13(9,10)11/h1-2H,(H2,9,10,11). The molecule has 0 saturated carbocycles. The van der Waals surface area contributed by atoms with Gasteiger partial charge < -0.3 is 4.42 Å². The fourth-order valence-corrected chi connectivity index (χ4v) is 1.07. The molecule has 0 bridgehead atoms. The minimum Gasteiger partial charge on any atom is -0.458 e. The van der Waals surface area contributed by atoms with E-state index in [1.165, 1.54) is 0 Å².